The first-order valence-corrected chi connectivity index (χ1v) is 7.62. The van der Waals surface area contributed by atoms with Crippen molar-refractivity contribution in [3.8, 4) is 11.8 Å². The maximum Gasteiger partial charge on any atom is 0.174 e. The molecule has 0 aliphatic heterocycles. The van der Waals surface area contributed by atoms with Crippen molar-refractivity contribution in [3.63, 3.8) is 0 Å². The molecule has 0 radical (unpaired) electrons. The van der Waals surface area contributed by atoms with Crippen LogP contribution in [0.3, 0.4) is 0 Å². The summed E-state index contributed by atoms with van der Waals surface area (Å²) < 4.78 is 5.23. The summed E-state index contributed by atoms with van der Waals surface area (Å²) in [6, 6.07) is 10.2. The Morgan fingerprint density at radius 3 is 2.50 bits per heavy atom. The molecule has 110 valence electrons. The Kier molecular flexibility index (Phi) is 8.30. The Labute approximate surface area is 123 Å². The zero-order valence-electron chi connectivity index (χ0n) is 12.7. The minimum atomic E-state index is 0.0982. The highest BCUT2D eigenvalue weighted by molar-refractivity contribution is 5.46. The van der Waals surface area contributed by atoms with E-state index in [4.69, 9.17) is 10.00 Å². The van der Waals surface area contributed by atoms with Crippen LogP contribution < -0.4 is 10.1 Å². The lowest BCUT2D eigenvalue weighted by Crippen LogP contribution is -2.14. The van der Waals surface area contributed by atoms with Gasteiger partial charge in [-0.3, -0.25) is 0 Å². The number of hydrogen-bond acceptors (Lipinski definition) is 3. The van der Waals surface area contributed by atoms with Crippen LogP contribution in [0.5, 0.6) is 5.75 Å². The molecule has 0 amide bonds. The molecule has 1 rings (SSSR count). The fraction of sp³-hybridized carbons (Fsp3) is 0.588. The summed E-state index contributed by atoms with van der Waals surface area (Å²) in [5, 5.41) is 11.9. The molecule has 1 aromatic rings. The molecule has 3 heteroatoms. The van der Waals surface area contributed by atoms with Crippen LogP contribution in [-0.4, -0.2) is 12.6 Å². The van der Waals surface area contributed by atoms with Gasteiger partial charge in [-0.05, 0) is 37.6 Å². The van der Waals surface area contributed by atoms with Crippen LogP contribution in [0.25, 0.3) is 0 Å². The summed E-state index contributed by atoms with van der Waals surface area (Å²) in [7, 11) is 0. The number of anilines is 1. The minimum absolute atomic E-state index is 0.0982. The monoisotopic (exact) mass is 274 g/mol. The van der Waals surface area contributed by atoms with Crippen LogP contribution in [0.15, 0.2) is 24.3 Å². The van der Waals surface area contributed by atoms with E-state index in [1.807, 2.05) is 30.3 Å². The molecule has 1 unspecified atom stereocenters. The topological polar surface area (TPSA) is 45.0 Å². The van der Waals surface area contributed by atoms with Crippen LogP contribution in [0, 0.1) is 11.3 Å². The molecule has 0 fully saturated rings. The second-order valence-corrected chi connectivity index (χ2v) is 5.22. The summed E-state index contributed by atoms with van der Waals surface area (Å²) in [5.41, 5.74) is 1.11. The van der Waals surface area contributed by atoms with Gasteiger partial charge in [0.25, 0.3) is 0 Å². The first kappa shape index (κ1) is 16.4. The van der Waals surface area contributed by atoms with Gasteiger partial charge in [-0.15, -0.1) is 0 Å². The number of ether oxygens (including phenoxy) is 1. The second-order valence-electron chi connectivity index (χ2n) is 5.22. The maximum atomic E-state index is 8.45. The smallest absolute Gasteiger partial charge is 0.174 e. The van der Waals surface area contributed by atoms with Gasteiger partial charge in [-0.25, -0.2) is 0 Å². The highest BCUT2D eigenvalue weighted by Gasteiger charge is 2.02. The minimum Gasteiger partial charge on any atom is -0.479 e. The molecule has 20 heavy (non-hydrogen) atoms. The van der Waals surface area contributed by atoms with E-state index in [1.165, 1.54) is 38.5 Å². The van der Waals surface area contributed by atoms with Crippen LogP contribution in [-0.2, 0) is 0 Å². The van der Waals surface area contributed by atoms with E-state index in [-0.39, 0.29) is 6.61 Å². The third-order valence-electron chi connectivity index (χ3n) is 3.31. The second kappa shape index (κ2) is 10.1. The van der Waals surface area contributed by atoms with E-state index in [1.54, 1.807) is 0 Å². The van der Waals surface area contributed by atoms with E-state index < -0.39 is 0 Å². The van der Waals surface area contributed by atoms with Crippen molar-refractivity contribution in [2.24, 2.45) is 0 Å². The molecular formula is C17H26N2O. The van der Waals surface area contributed by atoms with Gasteiger partial charge in [0.15, 0.2) is 6.61 Å². The summed E-state index contributed by atoms with van der Waals surface area (Å²) in [5.74, 6) is 0.740. The SMILES string of the molecule is CCCCCCCC(C)Nc1ccc(OCC#N)cc1. The van der Waals surface area contributed by atoms with Crippen molar-refractivity contribution in [3.05, 3.63) is 24.3 Å². The van der Waals surface area contributed by atoms with Crippen molar-refractivity contribution >= 4 is 5.69 Å². The van der Waals surface area contributed by atoms with Crippen molar-refractivity contribution in [2.45, 2.75) is 58.4 Å². The number of hydrogen-bond donors (Lipinski definition) is 1. The molecule has 0 aliphatic rings. The molecule has 1 N–H and O–H groups in total. The van der Waals surface area contributed by atoms with Crippen LogP contribution in [0.1, 0.15) is 52.4 Å². The molecule has 0 saturated carbocycles. The predicted molar refractivity (Wildman–Crippen MR) is 84.0 cm³/mol. The van der Waals surface area contributed by atoms with Crippen molar-refractivity contribution in [1.82, 2.24) is 0 Å². The Morgan fingerprint density at radius 2 is 1.85 bits per heavy atom. The molecule has 0 saturated heterocycles. The van der Waals surface area contributed by atoms with Gasteiger partial charge in [-0.1, -0.05) is 39.0 Å². The first-order valence-electron chi connectivity index (χ1n) is 7.62. The third-order valence-corrected chi connectivity index (χ3v) is 3.31. The molecule has 0 spiro atoms. The largest absolute Gasteiger partial charge is 0.479 e. The van der Waals surface area contributed by atoms with Crippen molar-refractivity contribution in [1.29, 1.82) is 5.26 Å². The van der Waals surface area contributed by atoms with Crippen molar-refractivity contribution in [2.75, 3.05) is 11.9 Å². The van der Waals surface area contributed by atoms with E-state index in [2.05, 4.69) is 19.2 Å². The molecule has 0 bridgehead atoms. The number of rotatable bonds is 10. The van der Waals surface area contributed by atoms with Crippen LogP contribution in [0.4, 0.5) is 5.69 Å². The van der Waals surface area contributed by atoms with Gasteiger partial charge in [-0.2, -0.15) is 5.26 Å². The highest BCUT2D eigenvalue weighted by Crippen LogP contribution is 2.17. The van der Waals surface area contributed by atoms with E-state index in [0.717, 1.165) is 11.4 Å². The molecular weight excluding hydrogens is 248 g/mol. The Hall–Kier alpha value is -1.69. The number of nitrogens with zero attached hydrogens (tertiary/aromatic N) is 1. The lowest BCUT2D eigenvalue weighted by Gasteiger charge is -2.15. The van der Waals surface area contributed by atoms with Gasteiger partial charge in [0.05, 0.1) is 0 Å². The zero-order chi connectivity index (χ0) is 14.6. The maximum absolute atomic E-state index is 8.45. The number of nitrogens with one attached hydrogen (secondary N) is 1. The fourth-order valence-electron chi connectivity index (χ4n) is 2.17. The van der Waals surface area contributed by atoms with Crippen LogP contribution >= 0.6 is 0 Å². The third kappa shape index (κ3) is 7.04. The van der Waals surface area contributed by atoms with Gasteiger partial charge >= 0.3 is 0 Å². The Morgan fingerprint density at radius 1 is 1.15 bits per heavy atom. The van der Waals surface area contributed by atoms with Crippen molar-refractivity contribution < 1.29 is 4.74 Å². The van der Waals surface area contributed by atoms with E-state index >= 15 is 0 Å². The predicted octanol–water partition coefficient (Wildman–Crippen LogP) is 4.75. The van der Waals surface area contributed by atoms with E-state index in [9.17, 15) is 0 Å². The van der Waals surface area contributed by atoms with Gasteiger partial charge in [0.2, 0.25) is 0 Å². The standard InChI is InChI=1S/C17H26N2O/c1-3-4-5-6-7-8-15(2)19-16-9-11-17(12-10-16)20-14-13-18/h9-12,15,19H,3-8,14H2,1-2H3. The fourth-order valence-corrected chi connectivity index (χ4v) is 2.17. The van der Waals surface area contributed by atoms with E-state index in [0.29, 0.717) is 6.04 Å². The zero-order valence-corrected chi connectivity index (χ0v) is 12.7. The number of unbranched alkanes of at least 4 members (excludes halogenated alkanes) is 4. The molecule has 1 aromatic carbocycles. The van der Waals surface area contributed by atoms with Gasteiger partial charge in [0.1, 0.15) is 11.8 Å². The molecule has 0 heterocycles. The molecule has 0 aromatic heterocycles. The normalized spacial score (nSPS) is 11.7. The van der Waals surface area contributed by atoms with Gasteiger partial charge in [0, 0.05) is 11.7 Å². The highest BCUT2D eigenvalue weighted by atomic mass is 16.5. The summed E-state index contributed by atoms with van der Waals surface area (Å²) in [6.07, 6.45) is 7.84. The first-order chi connectivity index (χ1) is 9.76. The molecule has 0 aliphatic carbocycles. The number of nitriles is 1. The molecule has 1 atom stereocenters. The lowest BCUT2D eigenvalue weighted by molar-refractivity contribution is 0.368. The average Bonchev–Trinajstić information content (AvgIpc) is 2.46. The summed E-state index contributed by atoms with van der Waals surface area (Å²) in [4.78, 5) is 0. The summed E-state index contributed by atoms with van der Waals surface area (Å²) in [6.45, 7) is 4.56. The Bertz CT molecular complexity index is 394. The number of benzene rings is 1. The Balaban J connectivity index is 2.24. The van der Waals surface area contributed by atoms with Crippen LogP contribution in [0.2, 0.25) is 0 Å². The quantitative estimate of drug-likeness (QED) is 0.626. The van der Waals surface area contributed by atoms with Gasteiger partial charge < -0.3 is 10.1 Å². The average molecular weight is 274 g/mol. The molecule has 3 nitrogen and oxygen atoms in total. The summed E-state index contributed by atoms with van der Waals surface area (Å²) >= 11 is 0. The lowest BCUT2D eigenvalue weighted by atomic mass is 10.1.